The lowest BCUT2D eigenvalue weighted by molar-refractivity contribution is -0.324. The number of hydrogen-bond donors (Lipinski definition) is 0. The molecule has 0 aromatic heterocycles. The first-order valence-corrected chi connectivity index (χ1v) is 26.5. The zero-order chi connectivity index (χ0) is 49.7. The van der Waals surface area contributed by atoms with Crippen molar-refractivity contribution in [3.8, 4) is 0 Å². The molecule has 13 heteroatoms. The van der Waals surface area contributed by atoms with E-state index in [-0.39, 0.29) is 52.9 Å². The lowest BCUT2D eigenvalue weighted by Gasteiger charge is -2.61. The smallest absolute Gasteiger partial charge is 0.311 e. The van der Waals surface area contributed by atoms with Gasteiger partial charge < -0.3 is 28.4 Å². The van der Waals surface area contributed by atoms with Crippen molar-refractivity contribution >= 4 is 58.0 Å². The summed E-state index contributed by atoms with van der Waals surface area (Å²) in [5, 5.41) is 0. The normalized spacial score (nSPS) is 35.9. The Morgan fingerprint density at radius 1 is 0.697 bits per heavy atom. The summed E-state index contributed by atoms with van der Waals surface area (Å²) in [6, 6.07) is 0. The average Bonchev–Trinajstić information content (AvgIpc) is 3.48. The molecule has 12 nitrogen and oxygen atoms in total. The number of Topliss-reactive ketones (excluding diaryl/α,β-unsaturated/α-hetero) is 2. The van der Waals surface area contributed by atoms with Crippen LogP contribution in [0, 0.1) is 73.9 Å². The molecule has 0 aromatic rings. The quantitative estimate of drug-likeness (QED) is 0.0566. The molecule has 1 heterocycles. The van der Waals surface area contributed by atoms with E-state index in [9.17, 15) is 28.8 Å². The molecule has 0 bridgehead atoms. The maximum absolute atomic E-state index is 14.0. The van der Waals surface area contributed by atoms with Gasteiger partial charge in [-0.1, -0.05) is 50.3 Å². The third kappa shape index (κ3) is 11.9. The van der Waals surface area contributed by atoms with Crippen LogP contribution in [0.1, 0.15) is 175 Å². The summed E-state index contributed by atoms with van der Waals surface area (Å²) in [7, 11) is 0. The van der Waals surface area contributed by atoms with Crippen LogP contribution < -0.4 is 0 Å². The number of ketones is 2. The lowest BCUT2D eigenvalue weighted by Crippen LogP contribution is -2.64. The van der Waals surface area contributed by atoms with Crippen LogP contribution in [0.15, 0.2) is 0 Å². The Morgan fingerprint density at radius 3 is 1.77 bits per heavy atom. The molecule has 5 rings (SSSR count). The van der Waals surface area contributed by atoms with Crippen molar-refractivity contribution in [1.29, 1.82) is 0 Å². The average molecular weight is 1040 g/mol. The summed E-state index contributed by atoms with van der Waals surface area (Å²) in [6.07, 6.45) is 1.42. The first-order valence-electron chi connectivity index (χ1n) is 25.0. The van der Waals surface area contributed by atoms with Gasteiger partial charge in [0, 0.05) is 29.1 Å². The van der Waals surface area contributed by atoms with Crippen molar-refractivity contribution in [3.63, 3.8) is 0 Å². The van der Waals surface area contributed by atoms with Crippen molar-refractivity contribution in [1.82, 2.24) is 0 Å². The molecule has 4 aliphatic carbocycles. The van der Waals surface area contributed by atoms with Gasteiger partial charge in [-0.2, -0.15) is 0 Å². The van der Waals surface area contributed by atoms with Crippen LogP contribution >= 0.6 is 22.6 Å². The fourth-order valence-electron chi connectivity index (χ4n) is 11.9. The Kier molecular flexibility index (Phi) is 16.9. The van der Waals surface area contributed by atoms with Gasteiger partial charge in [0.05, 0.1) is 27.8 Å². The summed E-state index contributed by atoms with van der Waals surface area (Å²) in [5.74, 6) is -0.393. The maximum Gasteiger partial charge on any atom is 0.311 e. The predicted molar refractivity (Wildman–Crippen MR) is 259 cm³/mol. The van der Waals surface area contributed by atoms with Crippen molar-refractivity contribution in [2.24, 2.45) is 73.9 Å². The van der Waals surface area contributed by atoms with E-state index in [0.717, 1.165) is 49.4 Å². The monoisotopic (exact) mass is 1040 g/mol. The second-order valence-corrected chi connectivity index (χ2v) is 26.6. The number of ether oxygens (including phenoxy) is 6. The molecule has 0 aromatic carbocycles. The Balaban J connectivity index is 1.42. The largest absolute Gasteiger partial charge is 0.462 e. The first-order chi connectivity index (χ1) is 30.2. The Morgan fingerprint density at radius 2 is 1.23 bits per heavy atom. The first kappa shape index (κ1) is 54.8. The maximum atomic E-state index is 14.0. The van der Waals surface area contributed by atoms with Gasteiger partial charge in [-0.25, -0.2) is 0 Å². The molecule has 15 atom stereocenters. The topological polar surface area (TPSA) is 158 Å². The number of carbonyl (C=O) groups excluding carboxylic acids is 6. The highest BCUT2D eigenvalue weighted by atomic mass is 127. The van der Waals surface area contributed by atoms with Crippen LogP contribution in [0.25, 0.3) is 0 Å². The standard InChI is InChI=1S/C53H85IO12/c1-29(27-54)17-20-36(55)30(2)39-37(56)26-35-33-19-18-31-25-32(21-23-52(31,15)34(33)22-24-53(35,39)16)62-43-42(66-47(60)51(12,13)14)41(65-46(59)50(9,10)11)40(64-45(58)49(6,7)8)38(63-43)28-61-44(57)48(3,4)5/h29-35,38-43H,17-28H2,1-16H3/t29-,30-,31+,32+,33-,34+,35+,38-,39+,40-,41+,42-,43-,52+,53+/m1/s1. The molecule has 5 fully saturated rings. The van der Waals surface area contributed by atoms with E-state index in [1.165, 1.54) is 0 Å². The van der Waals surface area contributed by atoms with Gasteiger partial charge in [-0.3, -0.25) is 28.8 Å². The number of carbonyl (C=O) groups is 6. The number of hydrogen-bond acceptors (Lipinski definition) is 12. The van der Waals surface area contributed by atoms with Gasteiger partial charge in [0.1, 0.15) is 24.3 Å². The number of halogens is 1. The zero-order valence-electron chi connectivity index (χ0n) is 43.3. The Bertz CT molecular complexity index is 1800. The Hall–Kier alpha value is -2.13. The van der Waals surface area contributed by atoms with E-state index >= 15 is 0 Å². The molecule has 376 valence electrons. The van der Waals surface area contributed by atoms with Crippen LogP contribution in [0.5, 0.6) is 0 Å². The van der Waals surface area contributed by atoms with Gasteiger partial charge in [0.25, 0.3) is 0 Å². The van der Waals surface area contributed by atoms with E-state index in [1.807, 2.05) is 6.92 Å². The minimum absolute atomic E-state index is 0.00843. The second kappa shape index (κ2) is 20.3. The summed E-state index contributed by atoms with van der Waals surface area (Å²) in [5.41, 5.74) is -3.96. The van der Waals surface area contributed by atoms with Crippen molar-refractivity contribution in [2.75, 3.05) is 11.0 Å². The number of fused-ring (bicyclic) bond motifs is 5. The van der Waals surface area contributed by atoms with Gasteiger partial charge in [-0.05, 0) is 175 Å². The highest BCUT2D eigenvalue weighted by molar-refractivity contribution is 14.1. The summed E-state index contributed by atoms with van der Waals surface area (Å²) in [6.45, 7) is 29.2. The number of esters is 4. The second-order valence-electron chi connectivity index (χ2n) is 25.7. The van der Waals surface area contributed by atoms with Gasteiger partial charge in [0.2, 0.25) is 0 Å². The molecule has 0 radical (unpaired) electrons. The molecule has 5 aliphatic rings. The molecule has 1 aliphatic heterocycles. The molecule has 0 unspecified atom stereocenters. The summed E-state index contributed by atoms with van der Waals surface area (Å²) in [4.78, 5) is 82.1. The van der Waals surface area contributed by atoms with Crippen molar-refractivity contribution in [2.45, 2.75) is 212 Å². The summed E-state index contributed by atoms with van der Waals surface area (Å²) < 4.78 is 39.2. The van der Waals surface area contributed by atoms with E-state index in [4.69, 9.17) is 28.4 Å². The van der Waals surface area contributed by atoms with Crippen molar-refractivity contribution < 1.29 is 57.2 Å². The fourth-order valence-corrected chi connectivity index (χ4v) is 12.3. The van der Waals surface area contributed by atoms with Crippen LogP contribution in [0.3, 0.4) is 0 Å². The zero-order valence-corrected chi connectivity index (χ0v) is 45.4. The number of alkyl halides is 1. The highest BCUT2D eigenvalue weighted by Crippen LogP contribution is 2.68. The van der Waals surface area contributed by atoms with Crippen LogP contribution in [0.4, 0.5) is 0 Å². The molecule has 1 saturated heterocycles. The van der Waals surface area contributed by atoms with Crippen molar-refractivity contribution in [3.05, 3.63) is 0 Å². The molecule has 0 N–H and O–H groups in total. The van der Waals surface area contributed by atoms with E-state index in [0.29, 0.717) is 42.9 Å². The third-order valence-corrected chi connectivity index (χ3v) is 17.7. The number of rotatable bonds is 13. The molecule has 0 amide bonds. The predicted octanol–water partition coefficient (Wildman–Crippen LogP) is 10.5. The molecule has 4 saturated carbocycles. The molecule has 66 heavy (non-hydrogen) atoms. The van der Waals surface area contributed by atoms with Gasteiger partial charge in [0.15, 0.2) is 24.6 Å². The molecular weight excluding hydrogens is 955 g/mol. The molecule has 0 spiro atoms. The summed E-state index contributed by atoms with van der Waals surface area (Å²) >= 11 is 2.38. The van der Waals surface area contributed by atoms with Crippen LogP contribution in [-0.4, -0.2) is 83.3 Å². The van der Waals surface area contributed by atoms with Gasteiger partial charge in [-0.15, -0.1) is 0 Å². The van der Waals surface area contributed by atoms with E-state index in [1.54, 1.807) is 83.1 Å². The SMILES string of the molecule is C[C@@H](CI)CCC(=O)[C@@H](C)[C@H]1C(=O)C[C@H]2[C@@H]3CC[C@H]4C[C@@H](O[C@@H]5O[C@H](COC(=O)C(C)(C)C)[C@@H](OC(=O)C(C)(C)C)[C@H](OC(=O)C(C)(C)C)[C@H]5OC(=O)C(C)(C)C)CC[C@]4(C)[C@H]3CC[C@]12C. The molecular formula is C53H85IO12. The van der Waals surface area contributed by atoms with Crippen LogP contribution in [-0.2, 0) is 57.2 Å². The van der Waals surface area contributed by atoms with Gasteiger partial charge >= 0.3 is 23.9 Å². The van der Waals surface area contributed by atoms with E-state index in [2.05, 4.69) is 43.4 Å². The highest BCUT2D eigenvalue weighted by Gasteiger charge is 2.64. The van der Waals surface area contributed by atoms with Crippen LogP contribution in [0.2, 0.25) is 0 Å². The lowest BCUT2D eigenvalue weighted by atomic mass is 9.44. The Labute approximate surface area is 410 Å². The minimum atomic E-state index is -1.37. The van der Waals surface area contributed by atoms with E-state index < -0.39 is 76.2 Å². The fraction of sp³-hybridized carbons (Fsp3) is 0.887. The minimum Gasteiger partial charge on any atom is -0.462 e. The third-order valence-electron chi connectivity index (χ3n) is 16.2.